The second-order valence-corrected chi connectivity index (χ2v) is 5.48. The lowest BCUT2D eigenvalue weighted by Crippen LogP contribution is -2.12. The molecule has 0 fully saturated rings. The fourth-order valence-corrected chi connectivity index (χ4v) is 2.37. The zero-order valence-corrected chi connectivity index (χ0v) is 13.3. The minimum Gasteiger partial charge on any atom is -0.451 e. The van der Waals surface area contributed by atoms with Crippen molar-refractivity contribution in [3.8, 4) is 0 Å². The van der Waals surface area contributed by atoms with Crippen LogP contribution in [0.2, 0.25) is 0 Å². The number of fused-ring (bicyclic) bond motifs is 1. The van der Waals surface area contributed by atoms with E-state index in [0.29, 0.717) is 23.4 Å². The quantitative estimate of drug-likeness (QED) is 0.730. The fraction of sp³-hybridized carbons (Fsp3) is 0.158. The Hall–Kier alpha value is -3.08. The van der Waals surface area contributed by atoms with Gasteiger partial charge in [-0.25, -0.2) is 0 Å². The van der Waals surface area contributed by atoms with Gasteiger partial charge in [0.05, 0.1) is 0 Å². The van der Waals surface area contributed by atoms with Gasteiger partial charge in [-0.3, -0.25) is 9.59 Å². The second kappa shape index (κ2) is 7.00. The fourth-order valence-electron chi connectivity index (χ4n) is 2.37. The van der Waals surface area contributed by atoms with Gasteiger partial charge in [-0.2, -0.15) is 0 Å². The first-order valence-electron chi connectivity index (χ1n) is 7.85. The highest BCUT2D eigenvalue weighted by atomic mass is 16.3. The maximum absolute atomic E-state index is 12.3. The Bertz CT molecular complexity index is 833. The van der Waals surface area contributed by atoms with Crippen molar-refractivity contribution in [3.05, 3.63) is 60.4 Å². The van der Waals surface area contributed by atoms with Crippen LogP contribution in [0.1, 0.15) is 30.3 Å². The summed E-state index contributed by atoms with van der Waals surface area (Å²) >= 11 is 0. The number of rotatable bonds is 5. The number of hydrogen-bond acceptors (Lipinski definition) is 3. The van der Waals surface area contributed by atoms with Crippen molar-refractivity contribution in [2.45, 2.75) is 19.8 Å². The molecule has 2 amide bonds. The Morgan fingerprint density at radius 1 is 0.958 bits per heavy atom. The third-order valence-electron chi connectivity index (χ3n) is 3.55. The lowest BCUT2D eigenvalue weighted by molar-refractivity contribution is -0.116. The Morgan fingerprint density at radius 2 is 1.62 bits per heavy atom. The van der Waals surface area contributed by atoms with E-state index in [9.17, 15) is 9.59 Å². The lowest BCUT2D eigenvalue weighted by Gasteiger charge is -2.06. The number of nitrogens with one attached hydrogen (secondary N) is 2. The summed E-state index contributed by atoms with van der Waals surface area (Å²) in [5.41, 5.74) is 2.01. The molecule has 24 heavy (non-hydrogen) atoms. The largest absolute Gasteiger partial charge is 0.451 e. The van der Waals surface area contributed by atoms with Crippen LogP contribution >= 0.6 is 0 Å². The number of carbonyl (C=O) groups is 2. The van der Waals surface area contributed by atoms with Crippen LogP contribution in [0.15, 0.2) is 59.0 Å². The molecule has 0 aliphatic heterocycles. The Balaban J connectivity index is 1.67. The third-order valence-corrected chi connectivity index (χ3v) is 3.55. The molecule has 0 radical (unpaired) electrons. The Labute approximate surface area is 139 Å². The third kappa shape index (κ3) is 3.63. The molecule has 0 unspecified atom stereocenters. The van der Waals surface area contributed by atoms with E-state index in [1.165, 1.54) is 0 Å². The normalized spacial score (nSPS) is 10.5. The number of benzene rings is 2. The van der Waals surface area contributed by atoms with Gasteiger partial charge in [-0.05, 0) is 42.8 Å². The molecule has 2 aromatic carbocycles. The smallest absolute Gasteiger partial charge is 0.291 e. The first kappa shape index (κ1) is 15.8. The molecule has 1 heterocycles. The minimum atomic E-state index is -0.311. The molecule has 5 nitrogen and oxygen atoms in total. The van der Waals surface area contributed by atoms with E-state index in [2.05, 4.69) is 10.6 Å². The number of hydrogen-bond donors (Lipinski definition) is 2. The highest BCUT2D eigenvalue weighted by Crippen LogP contribution is 2.20. The lowest BCUT2D eigenvalue weighted by atomic mass is 10.2. The number of para-hydroxylation sites is 1. The van der Waals surface area contributed by atoms with Gasteiger partial charge in [0, 0.05) is 23.2 Å². The molecule has 0 saturated carbocycles. The van der Waals surface area contributed by atoms with Gasteiger partial charge in [0.1, 0.15) is 5.58 Å². The van der Waals surface area contributed by atoms with Crippen LogP contribution < -0.4 is 10.6 Å². The van der Waals surface area contributed by atoms with E-state index >= 15 is 0 Å². The monoisotopic (exact) mass is 322 g/mol. The van der Waals surface area contributed by atoms with Crippen molar-refractivity contribution < 1.29 is 14.0 Å². The average Bonchev–Trinajstić information content (AvgIpc) is 3.01. The van der Waals surface area contributed by atoms with Crippen molar-refractivity contribution in [3.63, 3.8) is 0 Å². The first-order chi connectivity index (χ1) is 11.7. The topological polar surface area (TPSA) is 71.3 Å². The van der Waals surface area contributed by atoms with Crippen LogP contribution in [0.25, 0.3) is 11.0 Å². The molecule has 0 saturated heterocycles. The van der Waals surface area contributed by atoms with E-state index in [1.54, 1.807) is 30.3 Å². The number of furan rings is 1. The summed E-state index contributed by atoms with van der Waals surface area (Å²) in [5, 5.41) is 6.47. The Kier molecular flexibility index (Phi) is 4.61. The molecule has 2 N–H and O–H groups in total. The highest BCUT2D eigenvalue weighted by Gasteiger charge is 2.12. The van der Waals surface area contributed by atoms with Crippen LogP contribution in [0.4, 0.5) is 11.4 Å². The summed E-state index contributed by atoms with van der Waals surface area (Å²) in [6.45, 7) is 1.95. The van der Waals surface area contributed by atoms with Crippen molar-refractivity contribution in [1.82, 2.24) is 0 Å². The van der Waals surface area contributed by atoms with Crippen LogP contribution in [-0.4, -0.2) is 11.8 Å². The van der Waals surface area contributed by atoms with Gasteiger partial charge in [0.15, 0.2) is 5.76 Å². The summed E-state index contributed by atoms with van der Waals surface area (Å²) < 4.78 is 5.54. The van der Waals surface area contributed by atoms with Gasteiger partial charge in [-0.15, -0.1) is 0 Å². The van der Waals surface area contributed by atoms with E-state index in [1.807, 2.05) is 31.2 Å². The summed E-state index contributed by atoms with van der Waals surface area (Å²) in [6.07, 6.45) is 1.29. The van der Waals surface area contributed by atoms with E-state index in [0.717, 1.165) is 11.8 Å². The molecule has 0 bridgehead atoms. The Morgan fingerprint density at radius 3 is 2.29 bits per heavy atom. The maximum atomic E-state index is 12.3. The van der Waals surface area contributed by atoms with E-state index in [4.69, 9.17) is 4.42 Å². The average molecular weight is 322 g/mol. The number of amides is 2. The minimum absolute atomic E-state index is 0.0171. The first-order valence-corrected chi connectivity index (χ1v) is 7.85. The van der Waals surface area contributed by atoms with Crippen molar-refractivity contribution in [1.29, 1.82) is 0 Å². The number of anilines is 2. The predicted molar refractivity (Wildman–Crippen MR) is 94.1 cm³/mol. The van der Waals surface area contributed by atoms with Crippen molar-refractivity contribution >= 4 is 34.2 Å². The SMILES string of the molecule is CCCC(=O)Nc1ccc(NC(=O)c2cc3ccccc3o2)cc1. The summed E-state index contributed by atoms with van der Waals surface area (Å²) in [5.74, 6) is -0.0675. The predicted octanol–water partition coefficient (Wildman–Crippen LogP) is 4.42. The molecular weight excluding hydrogens is 304 g/mol. The van der Waals surface area contributed by atoms with Gasteiger partial charge in [-0.1, -0.05) is 25.1 Å². The van der Waals surface area contributed by atoms with Crippen LogP contribution in [0, 0.1) is 0 Å². The van der Waals surface area contributed by atoms with Gasteiger partial charge in [0.2, 0.25) is 5.91 Å². The summed E-state index contributed by atoms with van der Waals surface area (Å²) in [4.78, 5) is 23.8. The molecule has 3 rings (SSSR count). The molecule has 0 atom stereocenters. The zero-order valence-electron chi connectivity index (χ0n) is 13.3. The molecule has 122 valence electrons. The molecule has 0 aliphatic carbocycles. The second-order valence-electron chi connectivity index (χ2n) is 5.48. The molecular formula is C19H18N2O3. The standard InChI is InChI=1S/C19H18N2O3/c1-2-5-18(22)20-14-8-10-15(11-9-14)21-19(23)17-12-13-6-3-4-7-16(13)24-17/h3-4,6-12H,2,5H2,1H3,(H,20,22)(H,21,23). The molecule has 3 aromatic rings. The van der Waals surface area contributed by atoms with Crippen LogP contribution in [0.5, 0.6) is 0 Å². The summed E-state index contributed by atoms with van der Waals surface area (Å²) in [6, 6.07) is 16.2. The molecule has 0 aliphatic rings. The maximum Gasteiger partial charge on any atom is 0.291 e. The molecule has 0 spiro atoms. The van der Waals surface area contributed by atoms with Gasteiger partial charge < -0.3 is 15.1 Å². The highest BCUT2D eigenvalue weighted by molar-refractivity contribution is 6.04. The van der Waals surface area contributed by atoms with E-state index < -0.39 is 0 Å². The molecule has 1 aromatic heterocycles. The summed E-state index contributed by atoms with van der Waals surface area (Å²) in [7, 11) is 0. The zero-order chi connectivity index (χ0) is 16.9. The number of carbonyl (C=O) groups excluding carboxylic acids is 2. The van der Waals surface area contributed by atoms with E-state index in [-0.39, 0.29) is 17.6 Å². The van der Waals surface area contributed by atoms with Gasteiger partial charge >= 0.3 is 0 Å². The van der Waals surface area contributed by atoms with Crippen molar-refractivity contribution in [2.75, 3.05) is 10.6 Å². The molecule has 5 heteroatoms. The van der Waals surface area contributed by atoms with Gasteiger partial charge in [0.25, 0.3) is 5.91 Å². The van der Waals surface area contributed by atoms with Crippen molar-refractivity contribution in [2.24, 2.45) is 0 Å². The van der Waals surface area contributed by atoms with Crippen LogP contribution in [0.3, 0.4) is 0 Å². The van der Waals surface area contributed by atoms with Crippen LogP contribution in [-0.2, 0) is 4.79 Å².